The van der Waals surface area contributed by atoms with Crippen molar-refractivity contribution in [2.24, 2.45) is 0 Å². The summed E-state index contributed by atoms with van der Waals surface area (Å²) in [5.74, 6) is -3.09. The standard InChI is InChI=1S/C19H13F5N6O2/c1-8-2-9(5-26-19(8)32-17(24)16(22)23)30-7-15(28-29-30)18(31)27-14-6-25-13-4-12(21)11(20)3-10(13)14/h2-7,16-17,25H,1H3,(H,27,31). The van der Waals surface area contributed by atoms with Gasteiger partial charge in [-0.2, -0.15) is 4.39 Å². The first-order chi connectivity index (χ1) is 15.2. The van der Waals surface area contributed by atoms with Gasteiger partial charge in [-0.1, -0.05) is 5.21 Å². The highest BCUT2D eigenvalue weighted by atomic mass is 19.3. The lowest BCUT2D eigenvalue weighted by atomic mass is 10.2. The second-order valence-electron chi connectivity index (χ2n) is 6.64. The summed E-state index contributed by atoms with van der Waals surface area (Å²) in [5.41, 5.74) is 0.937. The fraction of sp³-hybridized carbons (Fsp3) is 0.158. The fourth-order valence-electron chi connectivity index (χ4n) is 2.85. The van der Waals surface area contributed by atoms with Crippen LogP contribution in [0.25, 0.3) is 16.6 Å². The Bertz CT molecular complexity index is 1300. The molecule has 0 fully saturated rings. The SMILES string of the molecule is Cc1cc(-n2cc(C(=O)Nc3c[nH]c4cc(F)c(F)cc34)nn2)cnc1OC(F)C(F)F. The van der Waals surface area contributed by atoms with Crippen LogP contribution in [0.2, 0.25) is 0 Å². The summed E-state index contributed by atoms with van der Waals surface area (Å²) in [6.45, 7) is 1.47. The van der Waals surface area contributed by atoms with Crippen molar-refractivity contribution in [2.75, 3.05) is 5.32 Å². The third-order valence-corrected chi connectivity index (χ3v) is 4.40. The monoisotopic (exact) mass is 452 g/mol. The van der Waals surface area contributed by atoms with Crippen LogP contribution in [-0.2, 0) is 0 Å². The molecule has 4 rings (SSSR count). The minimum Gasteiger partial charge on any atom is -0.437 e. The number of aromatic nitrogens is 5. The number of aromatic amines is 1. The van der Waals surface area contributed by atoms with E-state index >= 15 is 0 Å². The molecule has 0 saturated carbocycles. The molecule has 32 heavy (non-hydrogen) atoms. The van der Waals surface area contributed by atoms with Gasteiger partial charge in [0.1, 0.15) is 0 Å². The van der Waals surface area contributed by atoms with Crippen LogP contribution in [0, 0.1) is 18.6 Å². The number of benzene rings is 1. The average Bonchev–Trinajstić information content (AvgIpc) is 3.38. The molecule has 0 radical (unpaired) electrons. The van der Waals surface area contributed by atoms with Crippen LogP contribution < -0.4 is 10.1 Å². The molecule has 8 nitrogen and oxygen atoms in total. The summed E-state index contributed by atoms with van der Waals surface area (Å²) >= 11 is 0. The van der Waals surface area contributed by atoms with E-state index in [0.29, 0.717) is 5.69 Å². The number of hydrogen-bond donors (Lipinski definition) is 2. The molecule has 0 aliphatic rings. The van der Waals surface area contributed by atoms with Crippen LogP contribution in [0.4, 0.5) is 27.6 Å². The summed E-state index contributed by atoms with van der Waals surface area (Å²) in [7, 11) is 0. The molecule has 1 amide bonds. The normalized spacial score (nSPS) is 12.3. The Kier molecular flexibility index (Phi) is 5.47. The van der Waals surface area contributed by atoms with Crippen LogP contribution >= 0.6 is 0 Å². The van der Waals surface area contributed by atoms with Gasteiger partial charge in [-0.15, -0.1) is 5.10 Å². The largest absolute Gasteiger partial charge is 0.437 e. The Hall–Kier alpha value is -4.03. The molecule has 1 aromatic carbocycles. The van der Waals surface area contributed by atoms with E-state index < -0.39 is 30.3 Å². The van der Waals surface area contributed by atoms with E-state index in [2.05, 4.69) is 30.3 Å². The van der Waals surface area contributed by atoms with E-state index in [1.54, 1.807) is 0 Å². The average molecular weight is 452 g/mol. The zero-order valence-corrected chi connectivity index (χ0v) is 16.1. The minimum atomic E-state index is -3.32. The van der Waals surface area contributed by atoms with Crippen LogP contribution in [0.3, 0.4) is 0 Å². The summed E-state index contributed by atoms with van der Waals surface area (Å²) in [5, 5.41) is 10.3. The third kappa shape index (κ3) is 4.08. The Morgan fingerprint density at radius 2 is 1.94 bits per heavy atom. The summed E-state index contributed by atoms with van der Waals surface area (Å²) < 4.78 is 70.2. The minimum absolute atomic E-state index is 0.110. The molecule has 166 valence electrons. The maximum absolute atomic E-state index is 13.5. The molecule has 1 unspecified atom stereocenters. The number of aryl methyl sites for hydroxylation is 1. The molecule has 13 heteroatoms. The van der Waals surface area contributed by atoms with Gasteiger partial charge in [0, 0.05) is 23.2 Å². The number of fused-ring (bicyclic) bond motifs is 1. The second kappa shape index (κ2) is 8.24. The Morgan fingerprint density at radius 3 is 2.66 bits per heavy atom. The lowest BCUT2D eigenvalue weighted by molar-refractivity contribution is -0.0693. The number of carbonyl (C=O) groups is 1. The fourth-order valence-corrected chi connectivity index (χ4v) is 2.85. The third-order valence-electron chi connectivity index (χ3n) is 4.40. The summed E-state index contributed by atoms with van der Waals surface area (Å²) in [6.07, 6.45) is -2.33. The molecule has 2 N–H and O–H groups in total. The summed E-state index contributed by atoms with van der Waals surface area (Å²) in [4.78, 5) is 19.0. The lowest BCUT2D eigenvalue weighted by Crippen LogP contribution is -2.20. The highest BCUT2D eigenvalue weighted by molar-refractivity contribution is 6.07. The van der Waals surface area contributed by atoms with E-state index in [-0.39, 0.29) is 33.7 Å². The second-order valence-corrected chi connectivity index (χ2v) is 6.64. The number of alkyl halides is 3. The Morgan fingerprint density at radius 1 is 1.19 bits per heavy atom. The van der Waals surface area contributed by atoms with E-state index in [9.17, 15) is 26.7 Å². The molecular weight excluding hydrogens is 439 g/mol. The number of nitrogens with one attached hydrogen (secondary N) is 2. The van der Waals surface area contributed by atoms with Crippen molar-refractivity contribution in [1.29, 1.82) is 0 Å². The predicted molar refractivity (Wildman–Crippen MR) is 102 cm³/mol. The van der Waals surface area contributed by atoms with E-state index in [0.717, 1.165) is 12.1 Å². The van der Waals surface area contributed by atoms with Crippen molar-refractivity contribution in [2.45, 2.75) is 19.7 Å². The quantitative estimate of drug-likeness (QED) is 0.432. The number of halogens is 5. The zero-order valence-electron chi connectivity index (χ0n) is 16.1. The maximum atomic E-state index is 13.5. The van der Waals surface area contributed by atoms with Crippen molar-refractivity contribution < 1.29 is 31.5 Å². The van der Waals surface area contributed by atoms with Gasteiger partial charge in [0.05, 0.1) is 29.3 Å². The van der Waals surface area contributed by atoms with Crippen LogP contribution in [0.5, 0.6) is 5.88 Å². The van der Waals surface area contributed by atoms with E-state index in [4.69, 9.17) is 0 Å². The van der Waals surface area contributed by atoms with Gasteiger partial charge in [-0.05, 0) is 19.1 Å². The lowest BCUT2D eigenvalue weighted by Gasteiger charge is -2.12. The smallest absolute Gasteiger partial charge is 0.304 e. The van der Waals surface area contributed by atoms with Gasteiger partial charge in [0.15, 0.2) is 17.3 Å². The molecule has 1 atom stereocenters. The first-order valence-corrected chi connectivity index (χ1v) is 8.98. The van der Waals surface area contributed by atoms with Gasteiger partial charge in [0.25, 0.3) is 12.3 Å². The molecule has 0 bridgehead atoms. The number of ether oxygens (including phenoxy) is 1. The zero-order chi connectivity index (χ0) is 23.0. The van der Waals surface area contributed by atoms with Crippen molar-refractivity contribution in [3.05, 3.63) is 59.7 Å². The Labute approximate surface area is 176 Å². The number of rotatable bonds is 6. The summed E-state index contributed by atoms with van der Waals surface area (Å²) in [6, 6.07) is 3.33. The number of hydrogen-bond acceptors (Lipinski definition) is 5. The topological polar surface area (TPSA) is 97.7 Å². The van der Waals surface area contributed by atoms with Crippen molar-refractivity contribution in [3.63, 3.8) is 0 Å². The van der Waals surface area contributed by atoms with Gasteiger partial charge < -0.3 is 15.0 Å². The number of pyridine rings is 1. The molecular formula is C19H13F5N6O2. The molecule has 3 heterocycles. The van der Waals surface area contributed by atoms with Crippen LogP contribution in [-0.4, -0.2) is 43.7 Å². The van der Waals surface area contributed by atoms with E-state index in [1.165, 1.54) is 36.3 Å². The van der Waals surface area contributed by atoms with Crippen LogP contribution in [0.15, 0.2) is 36.8 Å². The number of nitrogens with zero attached hydrogens (tertiary/aromatic N) is 4. The van der Waals surface area contributed by atoms with Crippen molar-refractivity contribution in [3.8, 4) is 11.6 Å². The molecule has 0 aliphatic carbocycles. The molecule has 4 aromatic rings. The first-order valence-electron chi connectivity index (χ1n) is 8.98. The van der Waals surface area contributed by atoms with Gasteiger partial charge in [-0.25, -0.2) is 27.2 Å². The van der Waals surface area contributed by atoms with Crippen LogP contribution in [0.1, 0.15) is 16.1 Å². The van der Waals surface area contributed by atoms with Crippen molar-refractivity contribution >= 4 is 22.5 Å². The highest BCUT2D eigenvalue weighted by Crippen LogP contribution is 2.26. The molecule has 0 spiro atoms. The number of H-pyrrole nitrogens is 1. The van der Waals surface area contributed by atoms with Gasteiger partial charge in [-0.3, -0.25) is 4.79 Å². The Balaban J connectivity index is 1.52. The van der Waals surface area contributed by atoms with Crippen molar-refractivity contribution in [1.82, 2.24) is 25.0 Å². The van der Waals surface area contributed by atoms with Gasteiger partial charge in [0.2, 0.25) is 5.88 Å². The number of carbonyl (C=O) groups excluding carboxylic acids is 1. The molecule has 3 aromatic heterocycles. The number of anilines is 1. The predicted octanol–water partition coefficient (Wildman–Crippen LogP) is 3.92. The first kappa shape index (κ1) is 21.2. The van der Waals surface area contributed by atoms with E-state index in [1.807, 2.05) is 0 Å². The van der Waals surface area contributed by atoms with Gasteiger partial charge >= 0.3 is 6.43 Å². The number of amides is 1. The molecule has 0 saturated heterocycles. The highest BCUT2D eigenvalue weighted by Gasteiger charge is 2.22. The molecule has 0 aliphatic heterocycles. The maximum Gasteiger partial charge on any atom is 0.304 e.